The van der Waals surface area contributed by atoms with Crippen LogP contribution in [0.3, 0.4) is 0 Å². The van der Waals surface area contributed by atoms with Gasteiger partial charge in [-0.3, -0.25) is 0 Å². The molecule has 0 unspecified atom stereocenters. The quantitative estimate of drug-likeness (QED) is 0.0812. The second-order valence-corrected chi connectivity index (χ2v) is 12.1. The number of halogens is 1. The lowest BCUT2D eigenvalue weighted by Crippen LogP contribution is -2.62. The number of unbranched alkanes of at least 4 members (excludes halogenated alkanes) is 5. The van der Waals surface area contributed by atoms with Crippen LogP contribution >= 0.6 is 12.4 Å². The van der Waals surface area contributed by atoms with Crippen molar-refractivity contribution in [2.45, 2.75) is 125 Å². The summed E-state index contributed by atoms with van der Waals surface area (Å²) >= 11 is 0. The number of hydrogen-bond acceptors (Lipinski definition) is 14. The third-order valence-corrected chi connectivity index (χ3v) is 8.45. The number of hydrogen-bond donors (Lipinski definition) is 11. The Kier molecular flexibility index (Phi) is 19.7. The first kappa shape index (κ1) is 43.0. The molecule has 14 nitrogen and oxygen atoms in total. The zero-order valence-electron chi connectivity index (χ0n) is 26.5. The molecule has 2 aliphatic rings. The van der Waals surface area contributed by atoms with E-state index in [1.807, 2.05) is 0 Å². The van der Waals surface area contributed by atoms with E-state index in [9.17, 15) is 40.9 Å². The molecule has 0 aliphatic carbocycles. The minimum absolute atomic E-state index is 0. The molecule has 3 rings (SSSR count). The summed E-state index contributed by atoms with van der Waals surface area (Å²) in [7, 11) is 0. The summed E-state index contributed by atoms with van der Waals surface area (Å²) in [6.45, 7) is -0.437. The summed E-state index contributed by atoms with van der Waals surface area (Å²) in [5, 5.41) is 95.1. The van der Waals surface area contributed by atoms with E-state index in [0.29, 0.717) is 6.42 Å². The van der Waals surface area contributed by atoms with Crippen LogP contribution in [0.1, 0.15) is 63.0 Å². The van der Waals surface area contributed by atoms with Crippen molar-refractivity contribution in [3.8, 4) is 0 Å². The first-order valence-electron chi connectivity index (χ1n) is 15.8. The standard InChI is InChI=1S/C19H33NO2.C12H22O11.ClH/c1-2-3-4-5-6-7-8-17-9-11-18(12-10-17)13-14-19(20,15-21)16-22;13-1-4-6(16)8(18)9(19)11(21-4)23-12(3-15)10(20)7(17)5(2-14)22-12;/h9-12,21-22H,2-8,13-16,20H2,1H3;4-11,13-20H,1-3H2;1H/t;4-,5-,6-,7-,8+,9-,10+,11-,12+;/m.1./s1. The number of rotatable bonds is 17. The smallest absolute Gasteiger partial charge is 0.224 e. The maximum absolute atomic E-state index is 10.00. The van der Waals surface area contributed by atoms with E-state index < -0.39 is 80.2 Å². The molecule has 9 atom stereocenters. The van der Waals surface area contributed by atoms with E-state index in [2.05, 4.69) is 31.2 Å². The van der Waals surface area contributed by atoms with E-state index >= 15 is 0 Å². The molecule has 1 aromatic rings. The lowest BCUT2D eigenvalue weighted by atomic mass is 9.93. The molecular formula is C31H56ClNO13. The van der Waals surface area contributed by atoms with Crippen molar-refractivity contribution in [1.82, 2.24) is 0 Å². The van der Waals surface area contributed by atoms with Crippen molar-refractivity contribution in [1.29, 1.82) is 0 Å². The molecule has 2 aliphatic heterocycles. The Hall–Kier alpha value is -1.05. The minimum Gasteiger partial charge on any atom is -0.394 e. The molecule has 2 fully saturated rings. The second-order valence-electron chi connectivity index (χ2n) is 12.1. The van der Waals surface area contributed by atoms with Crippen molar-refractivity contribution >= 4 is 12.4 Å². The minimum atomic E-state index is -2.22. The molecule has 2 saturated heterocycles. The largest absolute Gasteiger partial charge is 0.394 e. The Morgan fingerprint density at radius 3 is 1.78 bits per heavy atom. The molecule has 0 bridgehead atoms. The fourth-order valence-electron chi connectivity index (χ4n) is 5.21. The normalized spacial score (nSPS) is 31.2. The van der Waals surface area contributed by atoms with E-state index in [4.69, 9.17) is 30.2 Å². The summed E-state index contributed by atoms with van der Waals surface area (Å²) in [5.41, 5.74) is 7.63. The average molecular weight is 686 g/mol. The first-order chi connectivity index (χ1) is 21.4. The van der Waals surface area contributed by atoms with Crippen LogP contribution in [0, 0.1) is 0 Å². The van der Waals surface area contributed by atoms with Crippen molar-refractivity contribution in [2.75, 3.05) is 33.0 Å². The second kappa shape index (κ2) is 21.1. The highest BCUT2D eigenvalue weighted by atomic mass is 35.5. The van der Waals surface area contributed by atoms with Crippen molar-refractivity contribution in [3.05, 3.63) is 35.4 Å². The molecule has 2 heterocycles. The summed E-state index contributed by atoms with van der Waals surface area (Å²) in [6.07, 6.45) is -2.14. The third-order valence-electron chi connectivity index (χ3n) is 8.45. The van der Waals surface area contributed by atoms with Crippen molar-refractivity contribution in [2.24, 2.45) is 5.73 Å². The highest BCUT2D eigenvalue weighted by Gasteiger charge is 2.58. The lowest BCUT2D eigenvalue weighted by molar-refractivity contribution is -0.383. The van der Waals surface area contributed by atoms with E-state index in [0.717, 1.165) is 12.8 Å². The molecule has 1 aromatic carbocycles. The molecule has 0 amide bonds. The van der Waals surface area contributed by atoms with Gasteiger partial charge in [-0.25, -0.2) is 0 Å². The zero-order chi connectivity index (χ0) is 33.6. The highest BCUT2D eigenvalue weighted by molar-refractivity contribution is 5.85. The average Bonchev–Trinajstić information content (AvgIpc) is 3.31. The predicted octanol–water partition coefficient (Wildman–Crippen LogP) is -1.77. The predicted molar refractivity (Wildman–Crippen MR) is 169 cm³/mol. The Bertz CT molecular complexity index is 942. The number of ether oxygens (including phenoxy) is 3. The molecular weight excluding hydrogens is 630 g/mol. The van der Waals surface area contributed by atoms with Crippen LogP contribution in [0.5, 0.6) is 0 Å². The number of aliphatic hydroxyl groups is 10. The van der Waals surface area contributed by atoms with Crippen LogP contribution < -0.4 is 5.73 Å². The van der Waals surface area contributed by atoms with Gasteiger partial charge < -0.3 is 71.0 Å². The molecule has 46 heavy (non-hydrogen) atoms. The number of benzene rings is 1. The maximum Gasteiger partial charge on any atom is 0.224 e. The van der Waals surface area contributed by atoms with Crippen LogP contribution in [0.25, 0.3) is 0 Å². The van der Waals surface area contributed by atoms with Crippen molar-refractivity contribution in [3.63, 3.8) is 0 Å². The van der Waals surface area contributed by atoms with Crippen LogP contribution in [0.2, 0.25) is 0 Å². The van der Waals surface area contributed by atoms with Gasteiger partial charge >= 0.3 is 0 Å². The van der Waals surface area contributed by atoms with Gasteiger partial charge in [0.05, 0.1) is 32.0 Å². The van der Waals surface area contributed by atoms with E-state index in [1.165, 1.54) is 49.7 Å². The van der Waals surface area contributed by atoms with Crippen LogP contribution in [0.4, 0.5) is 0 Å². The fraction of sp³-hybridized carbons (Fsp3) is 0.806. The number of aryl methyl sites for hydroxylation is 2. The summed E-state index contributed by atoms with van der Waals surface area (Å²) in [5.74, 6) is -2.22. The molecule has 12 N–H and O–H groups in total. The SMILES string of the molecule is CCCCCCCCc1ccc(CCC(N)(CO)CO)cc1.Cl.OC[C@H]1O[C@@](CO)(O[C@H]2O[C@H](CO)[C@@H](O)[C@H](O)[C@H]2O)[C@@H](O)[C@@H]1O. The van der Waals surface area contributed by atoms with Gasteiger partial charge in [-0.2, -0.15) is 0 Å². The summed E-state index contributed by atoms with van der Waals surface area (Å²) < 4.78 is 15.4. The Balaban J connectivity index is 0.000000451. The van der Waals surface area contributed by atoms with Crippen LogP contribution in [-0.2, 0) is 27.1 Å². The van der Waals surface area contributed by atoms with Gasteiger partial charge in [0.25, 0.3) is 0 Å². The summed E-state index contributed by atoms with van der Waals surface area (Å²) in [6, 6.07) is 8.66. The molecule has 0 spiro atoms. The van der Waals surface area contributed by atoms with Gasteiger partial charge in [0.2, 0.25) is 5.79 Å². The molecule has 15 heteroatoms. The molecule has 270 valence electrons. The molecule has 0 aromatic heterocycles. The number of nitrogens with two attached hydrogens (primary N) is 1. The monoisotopic (exact) mass is 685 g/mol. The van der Waals surface area contributed by atoms with Gasteiger partial charge in [-0.05, 0) is 36.8 Å². The van der Waals surface area contributed by atoms with Crippen molar-refractivity contribution < 1.29 is 65.3 Å². The highest BCUT2D eigenvalue weighted by Crippen LogP contribution is 2.35. The van der Waals surface area contributed by atoms with Gasteiger partial charge in [-0.1, -0.05) is 63.3 Å². The molecule has 0 radical (unpaired) electrons. The summed E-state index contributed by atoms with van der Waals surface area (Å²) in [4.78, 5) is 0. The zero-order valence-corrected chi connectivity index (χ0v) is 27.3. The van der Waals surface area contributed by atoms with Gasteiger partial charge in [0.15, 0.2) is 6.29 Å². The number of aliphatic hydroxyl groups excluding tert-OH is 10. The topological polar surface area (TPSA) is 256 Å². The first-order valence-corrected chi connectivity index (χ1v) is 15.8. The Morgan fingerprint density at radius 2 is 1.28 bits per heavy atom. The molecule has 0 saturated carbocycles. The van der Waals surface area contributed by atoms with Gasteiger partial charge in [0, 0.05) is 0 Å². The van der Waals surface area contributed by atoms with Gasteiger partial charge in [0.1, 0.15) is 49.3 Å². The van der Waals surface area contributed by atoms with E-state index in [1.54, 1.807) is 0 Å². The Morgan fingerprint density at radius 1 is 0.739 bits per heavy atom. The van der Waals surface area contributed by atoms with Crippen LogP contribution in [0.15, 0.2) is 24.3 Å². The third kappa shape index (κ3) is 11.8. The Labute approximate surface area is 276 Å². The lowest BCUT2D eigenvalue weighted by Gasteiger charge is -2.43. The van der Waals surface area contributed by atoms with Crippen LogP contribution in [-0.4, -0.2) is 144 Å². The maximum atomic E-state index is 10.00. The fourth-order valence-corrected chi connectivity index (χ4v) is 5.21. The van der Waals surface area contributed by atoms with Gasteiger partial charge in [-0.15, -0.1) is 12.4 Å². The van der Waals surface area contributed by atoms with E-state index in [-0.39, 0.29) is 25.6 Å².